The molecule has 0 N–H and O–H groups in total. The summed E-state index contributed by atoms with van der Waals surface area (Å²) in [6.07, 6.45) is 0. The van der Waals surface area contributed by atoms with Crippen molar-refractivity contribution in [3.05, 3.63) is 35.4 Å². The van der Waals surface area contributed by atoms with Gasteiger partial charge >= 0.3 is 0 Å². The highest BCUT2D eigenvalue weighted by Gasteiger charge is 2.41. The summed E-state index contributed by atoms with van der Waals surface area (Å²) in [6, 6.07) is 8.59. The molecule has 0 saturated heterocycles. The molecule has 0 fully saturated rings. The predicted octanol–water partition coefficient (Wildman–Crippen LogP) is 6.15. The molecular formula is C18H27BrSi. The fraction of sp³-hybridized carbons (Fsp3) is 0.556. The molecule has 0 nitrogen and oxygen atoms in total. The highest BCUT2D eigenvalue weighted by molar-refractivity contribution is 9.08. The van der Waals surface area contributed by atoms with Crippen molar-refractivity contribution in [3.63, 3.8) is 0 Å². The monoisotopic (exact) mass is 350 g/mol. The summed E-state index contributed by atoms with van der Waals surface area (Å²) in [6.45, 7) is 14.1. The fourth-order valence-corrected chi connectivity index (χ4v) is 8.89. The first-order valence-corrected chi connectivity index (χ1v) is 10.9. The molecule has 20 heavy (non-hydrogen) atoms. The summed E-state index contributed by atoms with van der Waals surface area (Å²) >= 11 is 3.48. The quantitative estimate of drug-likeness (QED) is 0.347. The molecule has 0 radical (unpaired) electrons. The molecule has 0 amide bonds. The van der Waals surface area contributed by atoms with Crippen molar-refractivity contribution >= 4 is 24.0 Å². The molecule has 0 aliphatic heterocycles. The number of hydrogen-bond acceptors (Lipinski definition) is 0. The van der Waals surface area contributed by atoms with E-state index in [0.717, 1.165) is 10.9 Å². The van der Waals surface area contributed by atoms with Gasteiger partial charge in [-0.1, -0.05) is 75.5 Å². The van der Waals surface area contributed by atoms with Crippen LogP contribution in [0.5, 0.6) is 0 Å². The van der Waals surface area contributed by atoms with E-state index in [1.165, 1.54) is 5.56 Å². The van der Waals surface area contributed by atoms with Crippen LogP contribution in [0.2, 0.25) is 16.6 Å². The molecule has 1 aromatic rings. The Kier molecular flexibility index (Phi) is 6.55. The highest BCUT2D eigenvalue weighted by Crippen LogP contribution is 2.40. The summed E-state index contributed by atoms with van der Waals surface area (Å²) < 4.78 is 0. The minimum Gasteiger partial charge on any atom is -0.125 e. The first-order valence-electron chi connectivity index (χ1n) is 7.52. The first kappa shape index (κ1) is 17.5. The zero-order chi connectivity index (χ0) is 15.3. The van der Waals surface area contributed by atoms with Crippen molar-refractivity contribution in [3.8, 4) is 11.5 Å². The van der Waals surface area contributed by atoms with Crippen molar-refractivity contribution < 1.29 is 0 Å². The van der Waals surface area contributed by atoms with E-state index in [0.29, 0.717) is 16.6 Å². The van der Waals surface area contributed by atoms with Gasteiger partial charge in [0.05, 0.1) is 0 Å². The number of halogens is 1. The molecule has 0 heterocycles. The summed E-state index contributed by atoms with van der Waals surface area (Å²) in [5.41, 5.74) is 8.29. The molecule has 0 aliphatic rings. The van der Waals surface area contributed by atoms with Crippen molar-refractivity contribution in [2.24, 2.45) is 0 Å². The van der Waals surface area contributed by atoms with E-state index in [-0.39, 0.29) is 0 Å². The summed E-state index contributed by atoms with van der Waals surface area (Å²) in [5.74, 6) is 3.48. The molecule has 0 aliphatic carbocycles. The SMILES string of the molecule is CC(C)[Si](C#Cc1ccc(CBr)cc1)(C(C)C)C(C)C. The van der Waals surface area contributed by atoms with Gasteiger partial charge in [-0.05, 0) is 34.3 Å². The van der Waals surface area contributed by atoms with Crippen LogP contribution in [0.15, 0.2) is 24.3 Å². The third-order valence-corrected chi connectivity index (χ3v) is 11.3. The predicted molar refractivity (Wildman–Crippen MR) is 97.0 cm³/mol. The molecule has 0 aromatic heterocycles. The Labute approximate surface area is 134 Å². The van der Waals surface area contributed by atoms with Crippen molar-refractivity contribution in [1.82, 2.24) is 0 Å². The van der Waals surface area contributed by atoms with Crippen LogP contribution < -0.4 is 0 Å². The van der Waals surface area contributed by atoms with E-state index in [4.69, 9.17) is 0 Å². The van der Waals surface area contributed by atoms with Gasteiger partial charge in [0.1, 0.15) is 8.07 Å². The standard InChI is InChI=1S/C18H27BrSi/c1-14(2)20(15(3)4,16(5)6)12-11-17-7-9-18(13-19)10-8-17/h7-10,14-16H,13H2,1-6H3. The number of rotatable bonds is 4. The Morgan fingerprint density at radius 2 is 1.35 bits per heavy atom. The molecule has 2 heteroatoms. The maximum atomic E-state index is 3.76. The van der Waals surface area contributed by atoms with E-state index in [1.54, 1.807) is 0 Å². The first-order chi connectivity index (χ1) is 9.34. The fourth-order valence-electron chi connectivity index (χ4n) is 3.29. The van der Waals surface area contributed by atoms with Crippen LogP contribution in [0.3, 0.4) is 0 Å². The Hall–Kier alpha value is -0.523. The zero-order valence-corrected chi connectivity index (χ0v) is 16.2. The largest absolute Gasteiger partial charge is 0.146 e. The van der Waals surface area contributed by atoms with E-state index < -0.39 is 8.07 Å². The second kappa shape index (κ2) is 7.48. The normalized spacial score (nSPS) is 11.9. The summed E-state index contributed by atoms with van der Waals surface area (Å²) in [5, 5.41) is 0.906. The summed E-state index contributed by atoms with van der Waals surface area (Å²) in [7, 11) is -1.60. The van der Waals surface area contributed by atoms with Gasteiger partial charge in [-0.25, -0.2) is 0 Å². The molecule has 1 rings (SSSR count). The van der Waals surface area contributed by atoms with Crippen molar-refractivity contribution in [2.45, 2.75) is 63.5 Å². The van der Waals surface area contributed by atoms with Gasteiger partial charge in [-0.15, -0.1) is 5.54 Å². The maximum absolute atomic E-state index is 3.76. The molecule has 0 spiro atoms. The van der Waals surface area contributed by atoms with E-state index >= 15 is 0 Å². The van der Waals surface area contributed by atoms with E-state index in [1.807, 2.05) is 0 Å². The molecule has 1 aromatic carbocycles. The molecule has 110 valence electrons. The number of benzene rings is 1. The highest BCUT2D eigenvalue weighted by atomic mass is 79.9. The van der Waals surface area contributed by atoms with Crippen LogP contribution >= 0.6 is 15.9 Å². The number of hydrogen-bond donors (Lipinski definition) is 0. The zero-order valence-electron chi connectivity index (χ0n) is 13.6. The lowest BCUT2D eigenvalue weighted by Crippen LogP contribution is -2.43. The second-order valence-electron chi connectivity index (χ2n) is 6.48. The van der Waals surface area contributed by atoms with Gasteiger partial charge in [-0.3, -0.25) is 0 Å². The van der Waals surface area contributed by atoms with Crippen LogP contribution in [0.1, 0.15) is 52.7 Å². The van der Waals surface area contributed by atoms with Crippen LogP contribution in [0.25, 0.3) is 0 Å². The van der Waals surface area contributed by atoms with E-state index in [2.05, 4.69) is 93.2 Å². The lowest BCUT2D eigenvalue weighted by atomic mass is 10.2. The average Bonchev–Trinajstić information content (AvgIpc) is 2.38. The molecule has 0 atom stereocenters. The Balaban J connectivity index is 3.16. The van der Waals surface area contributed by atoms with Gasteiger partial charge < -0.3 is 0 Å². The molecular weight excluding hydrogens is 324 g/mol. The van der Waals surface area contributed by atoms with Crippen molar-refractivity contribution in [1.29, 1.82) is 0 Å². The topological polar surface area (TPSA) is 0 Å². The van der Waals surface area contributed by atoms with Crippen LogP contribution in [-0.2, 0) is 5.33 Å². The molecule has 0 saturated carbocycles. The maximum Gasteiger partial charge on any atom is 0.146 e. The average molecular weight is 351 g/mol. The lowest BCUT2D eigenvalue weighted by Gasteiger charge is -2.38. The van der Waals surface area contributed by atoms with Crippen molar-refractivity contribution in [2.75, 3.05) is 0 Å². The van der Waals surface area contributed by atoms with Gasteiger partial charge in [0.2, 0.25) is 0 Å². The van der Waals surface area contributed by atoms with Crippen LogP contribution in [0, 0.1) is 11.5 Å². The van der Waals surface area contributed by atoms with Crippen LogP contribution in [0.4, 0.5) is 0 Å². The second-order valence-corrected chi connectivity index (χ2v) is 12.6. The van der Waals surface area contributed by atoms with Gasteiger partial charge in [0, 0.05) is 10.9 Å². The Morgan fingerprint density at radius 3 is 1.70 bits per heavy atom. The third-order valence-electron chi connectivity index (χ3n) is 4.40. The molecule has 0 bridgehead atoms. The van der Waals surface area contributed by atoms with Crippen LogP contribution in [-0.4, -0.2) is 8.07 Å². The third kappa shape index (κ3) is 3.77. The lowest BCUT2D eigenvalue weighted by molar-refractivity contribution is 0.838. The van der Waals surface area contributed by atoms with Gasteiger partial charge in [-0.2, -0.15) is 0 Å². The summed E-state index contributed by atoms with van der Waals surface area (Å²) in [4.78, 5) is 0. The minimum absolute atomic E-state index is 0.691. The molecule has 0 unspecified atom stereocenters. The minimum atomic E-state index is -1.60. The van der Waals surface area contributed by atoms with Gasteiger partial charge in [0.15, 0.2) is 0 Å². The Morgan fingerprint density at radius 1 is 0.900 bits per heavy atom. The number of alkyl halides is 1. The van der Waals surface area contributed by atoms with E-state index in [9.17, 15) is 0 Å². The Bertz CT molecular complexity index is 453. The van der Waals surface area contributed by atoms with Gasteiger partial charge in [0.25, 0.3) is 0 Å². The smallest absolute Gasteiger partial charge is 0.125 e.